The third kappa shape index (κ3) is 6.64. The zero-order valence-electron chi connectivity index (χ0n) is 23.7. The molecule has 2 unspecified atom stereocenters. The predicted octanol–water partition coefficient (Wildman–Crippen LogP) is 4.83. The summed E-state index contributed by atoms with van der Waals surface area (Å²) >= 11 is 0. The number of rotatable bonds is 11. The molecule has 2 aromatic rings. The van der Waals surface area contributed by atoms with Crippen LogP contribution in [-0.4, -0.2) is 77.4 Å². The minimum absolute atomic E-state index is 0.0984. The van der Waals surface area contributed by atoms with Gasteiger partial charge in [-0.25, -0.2) is 14.6 Å². The highest BCUT2D eigenvalue weighted by Gasteiger charge is 2.43. The van der Waals surface area contributed by atoms with Crippen molar-refractivity contribution in [2.75, 3.05) is 37.7 Å². The summed E-state index contributed by atoms with van der Waals surface area (Å²) in [7, 11) is 0. The topological polar surface area (TPSA) is 135 Å². The summed E-state index contributed by atoms with van der Waals surface area (Å²) in [5, 5.41) is 11.2. The lowest BCUT2D eigenvalue weighted by atomic mass is 9.86. The second-order valence-corrected chi connectivity index (χ2v) is 10.2. The lowest BCUT2D eigenvalue weighted by Gasteiger charge is -2.39. The lowest BCUT2D eigenvalue weighted by Crippen LogP contribution is -2.48. The van der Waals surface area contributed by atoms with Gasteiger partial charge in [-0.05, 0) is 63.9 Å². The SMILES string of the molecule is CCOc1ccc(N2CCN(CCCN3C(=O)N=C(C)C(C(=O)OC(C)C)C3c3ccc([N+](=O)[O-])cc3)C2=O)cc1. The molecule has 0 aliphatic carbocycles. The van der Waals surface area contributed by atoms with E-state index in [0.717, 1.165) is 11.4 Å². The van der Waals surface area contributed by atoms with E-state index in [-0.39, 0.29) is 24.4 Å². The van der Waals surface area contributed by atoms with Gasteiger partial charge >= 0.3 is 18.0 Å². The van der Waals surface area contributed by atoms with E-state index in [1.807, 2.05) is 31.2 Å². The fourth-order valence-electron chi connectivity index (χ4n) is 5.17. The average Bonchev–Trinajstić information content (AvgIpc) is 3.29. The largest absolute Gasteiger partial charge is 0.494 e. The van der Waals surface area contributed by atoms with E-state index in [1.54, 1.807) is 42.7 Å². The van der Waals surface area contributed by atoms with Crippen LogP contribution in [0.1, 0.15) is 45.7 Å². The number of non-ortho nitro benzene ring substituents is 1. The summed E-state index contributed by atoms with van der Waals surface area (Å²) in [4.78, 5) is 59.2. The van der Waals surface area contributed by atoms with Crippen LogP contribution in [0.15, 0.2) is 53.5 Å². The zero-order chi connectivity index (χ0) is 29.7. The fraction of sp³-hybridized carbons (Fsp3) is 0.448. The number of ether oxygens (including phenoxy) is 2. The second-order valence-electron chi connectivity index (χ2n) is 10.2. The van der Waals surface area contributed by atoms with Crippen molar-refractivity contribution in [1.82, 2.24) is 9.80 Å². The smallest absolute Gasteiger partial charge is 0.344 e. The van der Waals surface area contributed by atoms with E-state index < -0.39 is 28.9 Å². The molecule has 1 fully saturated rings. The summed E-state index contributed by atoms with van der Waals surface area (Å²) in [6, 6.07) is 11.8. The van der Waals surface area contributed by atoms with Crippen molar-refractivity contribution in [3.63, 3.8) is 0 Å². The highest BCUT2D eigenvalue weighted by atomic mass is 16.6. The van der Waals surface area contributed by atoms with Crippen LogP contribution >= 0.6 is 0 Å². The maximum absolute atomic E-state index is 13.2. The number of carbonyl (C=O) groups is 3. The number of anilines is 1. The molecule has 218 valence electrons. The number of nitrogens with zero attached hydrogens (tertiary/aromatic N) is 5. The Hall–Kier alpha value is -4.48. The number of urea groups is 2. The van der Waals surface area contributed by atoms with Gasteiger partial charge in [-0.3, -0.25) is 19.8 Å². The van der Waals surface area contributed by atoms with Crippen molar-refractivity contribution in [3.05, 3.63) is 64.2 Å². The molecule has 0 N–H and O–H groups in total. The molecule has 12 heteroatoms. The first kappa shape index (κ1) is 29.5. The van der Waals surface area contributed by atoms with E-state index in [2.05, 4.69) is 4.99 Å². The van der Waals surface area contributed by atoms with E-state index in [4.69, 9.17) is 9.47 Å². The summed E-state index contributed by atoms with van der Waals surface area (Å²) < 4.78 is 11.0. The van der Waals surface area contributed by atoms with Gasteiger partial charge in [-0.15, -0.1) is 0 Å². The monoisotopic (exact) mass is 565 g/mol. The van der Waals surface area contributed by atoms with E-state index in [1.165, 1.54) is 17.0 Å². The van der Waals surface area contributed by atoms with Crippen LogP contribution in [0.25, 0.3) is 0 Å². The molecule has 0 aromatic heterocycles. The summed E-state index contributed by atoms with van der Waals surface area (Å²) in [5.41, 5.74) is 1.56. The first-order chi connectivity index (χ1) is 19.6. The zero-order valence-corrected chi connectivity index (χ0v) is 23.7. The number of hydrogen-bond donors (Lipinski definition) is 0. The number of esters is 1. The van der Waals surface area contributed by atoms with Gasteiger partial charge in [0.1, 0.15) is 11.7 Å². The number of amides is 4. The molecule has 0 bridgehead atoms. The van der Waals surface area contributed by atoms with Crippen LogP contribution in [0.4, 0.5) is 21.0 Å². The summed E-state index contributed by atoms with van der Waals surface area (Å²) in [6.45, 7) is 9.24. The van der Waals surface area contributed by atoms with Crippen molar-refractivity contribution in [1.29, 1.82) is 0 Å². The maximum atomic E-state index is 13.2. The van der Waals surface area contributed by atoms with Gasteiger partial charge in [-0.2, -0.15) is 0 Å². The standard InChI is InChI=1S/C29H35N5O7/c1-5-40-24-13-11-22(12-14-24)32-18-17-31(29(32)37)15-6-16-33-26(21-7-9-23(10-8-21)34(38)39)25(20(4)30-28(33)36)27(35)41-19(2)3/h7-14,19,25-26H,5-6,15-18H2,1-4H3. The Morgan fingerprint density at radius 1 is 1.07 bits per heavy atom. The van der Waals surface area contributed by atoms with Gasteiger partial charge in [-0.1, -0.05) is 12.1 Å². The van der Waals surface area contributed by atoms with E-state index in [9.17, 15) is 24.5 Å². The minimum Gasteiger partial charge on any atom is -0.494 e. The Balaban J connectivity index is 1.49. The normalized spacial score (nSPS) is 19.0. The van der Waals surface area contributed by atoms with E-state index in [0.29, 0.717) is 43.9 Å². The first-order valence-electron chi connectivity index (χ1n) is 13.7. The number of nitro benzene ring substituents is 1. The molecule has 41 heavy (non-hydrogen) atoms. The van der Waals surface area contributed by atoms with Crippen LogP contribution in [-0.2, 0) is 9.53 Å². The van der Waals surface area contributed by atoms with Crippen molar-refractivity contribution >= 4 is 35.1 Å². The molecular weight excluding hydrogens is 530 g/mol. The molecule has 12 nitrogen and oxygen atoms in total. The Morgan fingerprint density at radius 2 is 1.76 bits per heavy atom. The Labute approximate surface area is 238 Å². The number of benzene rings is 2. The molecule has 0 spiro atoms. The van der Waals surface area contributed by atoms with E-state index >= 15 is 0 Å². The molecular formula is C29H35N5O7. The quantitative estimate of drug-likeness (QED) is 0.216. The van der Waals surface area contributed by atoms with Crippen LogP contribution in [0.5, 0.6) is 5.75 Å². The third-order valence-corrected chi connectivity index (χ3v) is 7.05. The molecule has 2 atom stereocenters. The predicted molar refractivity (Wildman–Crippen MR) is 152 cm³/mol. The highest BCUT2D eigenvalue weighted by molar-refractivity contribution is 6.08. The highest BCUT2D eigenvalue weighted by Crippen LogP contribution is 2.36. The summed E-state index contributed by atoms with van der Waals surface area (Å²) in [6.07, 6.45) is 0.0666. The molecule has 4 amide bonds. The molecule has 0 radical (unpaired) electrons. The van der Waals surface area contributed by atoms with Gasteiger partial charge in [0.2, 0.25) is 0 Å². The molecule has 2 heterocycles. The molecule has 2 aliphatic heterocycles. The molecule has 4 rings (SSSR count). The number of hydrogen-bond acceptors (Lipinski definition) is 7. The molecule has 0 saturated carbocycles. The Bertz CT molecular complexity index is 1310. The van der Waals surface area contributed by atoms with Gasteiger partial charge in [0.15, 0.2) is 0 Å². The number of carbonyl (C=O) groups excluding carboxylic acids is 3. The van der Waals surface area contributed by atoms with Crippen LogP contribution in [0, 0.1) is 16.0 Å². The number of aliphatic imine (C=N–C) groups is 1. The molecule has 2 aromatic carbocycles. The third-order valence-electron chi connectivity index (χ3n) is 7.05. The molecule has 2 aliphatic rings. The van der Waals surface area contributed by atoms with Gasteiger partial charge < -0.3 is 19.3 Å². The summed E-state index contributed by atoms with van der Waals surface area (Å²) in [5.74, 6) is -0.662. The van der Waals surface area contributed by atoms with Gasteiger partial charge in [0.05, 0.1) is 23.7 Å². The minimum atomic E-state index is -0.875. The number of nitro groups is 1. The average molecular weight is 566 g/mol. The van der Waals surface area contributed by atoms with Crippen molar-refractivity contribution in [2.45, 2.75) is 46.3 Å². The van der Waals surface area contributed by atoms with Gasteiger partial charge in [0, 0.05) is 49.7 Å². The van der Waals surface area contributed by atoms with Crippen molar-refractivity contribution < 1.29 is 28.8 Å². The molecule has 1 saturated heterocycles. The van der Waals surface area contributed by atoms with Crippen LogP contribution < -0.4 is 9.64 Å². The van der Waals surface area contributed by atoms with Gasteiger partial charge in [0.25, 0.3) is 5.69 Å². The lowest BCUT2D eigenvalue weighted by molar-refractivity contribution is -0.384. The van der Waals surface area contributed by atoms with Crippen molar-refractivity contribution in [2.24, 2.45) is 10.9 Å². The second kappa shape index (κ2) is 12.8. The Kier molecular flexibility index (Phi) is 9.21. The van der Waals surface area contributed by atoms with Crippen LogP contribution in [0.3, 0.4) is 0 Å². The van der Waals surface area contributed by atoms with Crippen LogP contribution in [0.2, 0.25) is 0 Å². The van der Waals surface area contributed by atoms with Crippen molar-refractivity contribution in [3.8, 4) is 5.75 Å². The Morgan fingerprint density at radius 3 is 2.37 bits per heavy atom. The first-order valence-corrected chi connectivity index (χ1v) is 13.7. The fourth-order valence-corrected chi connectivity index (χ4v) is 5.17. The maximum Gasteiger partial charge on any atom is 0.344 e.